The second-order valence-electron chi connectivity index (χ2n) is 9.17. The molecule has 40 heavy (non-hydrogen) atoms. The van der Waals surface area contributed by atoms with E-state index in [2.05, 4.69) is 10.6 Å². The lowest BCUT2D eigenvalue weighted by atomic mass is 10.0. The van der Waals surface area contributed by atoms with Gasteiger partial charge in [-0.25, -0.2) is 13.2 Å². The molecule has 9 nitrogen and oxygen atoms in total. The summed E-state index contributed by atoms with van der Waals surface area (Å²) in [5.41, 5.74) is -1.30. The maximum atomic E-state index is 14.1. The van der Waals surface area contributed by atoms with Gasteiger partial charge in [-0.2, -0.15) is 13.2 Å². The molecule has 1 saturated heterocycles. The first-order valence-electron chi connectivity index (χ1n) is 12.3. The van der Waals surface area contributed by atoms with Crippen LogP contribution in [0.4, 0.5) is 18.0 Å². The van der Waals surface area contributed by atoms with Gasteiger partial charge in [0, 0.05) is 68.0 Å². The van der Waals surface area contributed by atoms with Crippen LogP contribution in [0.2, 0.25) is 10.0 Å². The Bertz CT molecular complexity index is 1350. The van der Waals surface area contributed by atoms with Crippen LogP contribution in [0.1, 0.15) is 34.0 Å². The first-order chi connectivity index (χ1) is 18.7. The highest BCUT2D eigenvalue weighted by molar-refractivity contribution is 7.91. The van der Waals surface area contributed by atoms with Gasteiger partial charge in [0.05, 0.1) is 16.2 Å². The molecule has 0 saturated carbocycles. The Morgan fingerprint density at radius 1 is 1.02 bits per heavy atom. The Balaban J connectivity index is 1.75. The number of halogens is 5. The van der Waals surface area contributed by atoms with Crippen molar-refractivity contribution in [1.29, 1.82) is 0 Å². The number of hydrogen-bond donors (Lipinski definition) is 3. The molecule has 0 atom stereocenters. The van der Waals surface area contributed by atoms with E-state index in [0.29, 0.717) is 32.7 Å². The van der Waals surface area contributed by atoms with Gasteiger partial charge in [0.1, 0.15) is 0 Å². The third kappa shape index (κ3) is 8.46. The van der Waals surface area contributed by atoms with Crippen molar-refractivity contribution in [2.45, 2.75) is 31.1 Å². The number of amides is 2. The Morgan fingerprint density at radius 2 is 1.68 bits per heavy atom. The molecule has 1 aliphatic heterocycles. The number of benzene rings is 2. The number of carboxylic acid groups (broad SMARTS) is 1. The molecule has 2 aromatic rings. The van der Waals surface area contributed by atoms with Crippen LogP contribution < -0.4 is 10.6 Å². The predicted octanol–water partition coefficient (Wildman–Crippen LogP) is 4.12. The SMILES string of the molecule is CCS(=O)(=O)c1ccc(Cl)cc1CNC(=O)c1cc(Cl)c(CN2CCN(CCNC(=O)O)CC2)c(C(F)(F)F)c1. The minimum Gasteiger partial charge on any atom is -0.465 e. The number of nitrogens with one attached hydrogen (secondary N) is 2. The smallest absolute Gasteiger partial charge is 0.416 e. The van der Waals surface area contributed by atoms with Gasteiger partial charge in [-0.3, -0.25) is 14.6 Å². The number of alkyl halides is 3. The molecule has 1 fully saturated rings. The Morgan fingerprint density at radius 3 is 2.27 bits per heavy atom. The lowest BCUT2D eigenvalue weighted by Gasteiger charge is -2.35. The molecular formula is C25H29Cl2F3N4O5S. The van der Waals surface area contributed by atoms with Gasteiger partial charge in [-0.15, -0.1) is 0 Å². The number of sulfone groups is 1. The van der Waals surface area contributed by atoms with Gasteiger partial charge in [0.25, 0.3) is 5.91 Å². The van der Waals surface area contributed by atoms with Crippen molar-refractivity contribution in [3.63, 3.8) is 0 Å². The van der Waals surface area contributed by atoms with Crippen LogP contribution in [0.3, 0.4) is 0 Å². The summed E-state index contributed by atoms with van der Waals surface area (Å²) in [6, 6.07) is 6.01. The van der Waals surface area contributed by atoms with Crippen molar-refractivity contribution in [3.05, 3.63) is 62.6 Å². The largest absolute Gasteiger partial charge is 0.465 e. The van der Waals surface area contributed by atoms with Crippen LogP contribution in [-0.4, -0.2) is 80.3 Å². The number of piperazine rings is 1. The zero-order chi connectivity index (χ0) is 29.7. The maximum absolute atomic E-state index is 14.1. The van der Waals surface area contributed by atoms with E-state index in [9.17, 15) is 31.2 Å². The van der Waals surface area contributed by atoms with Crippen molar-refractivity contribution < 1.29 is 36.3 Å². The molecule has 0 unspecified atom stereocenters. The van der Waals surface area contributed by atoms with E-state index >= 15 is 0 Å². The van der Waals surface area contributed by atoms with Crippen LogP contribution in [0.25, 0.3) is 0 Å². The van der Waals surface area contributed by atoms with Crippen molar-refractivity contribution in [2.24, 2.45) is 0 Å². The molecule has 3 N–H and O–H groups in total. The van der Waals surface area contributed by atoms with E-state index < -0.39 is 33.6 Å². The zero-order valence-electron chi connectivity index (χ0n) is 21.5. The van der Waals surface area contributed by atoms with Crippen LogP contribution in [0.15, 0.2) is 35.2 Å². The lowest BCUT2D eigenvalue weighted by Crippen LogP contribution is -2.48. The fourth-order valence-corrected chi connectivity index (χ4v) is 5.91. The fourth-order valence-electron chi connectivity index (χ4n) is 4.32. The second-order valence-corrected chi connectivity index (χ2v) is 12.3. The number of carbonyl (C=O) groups excluding carboxylic acids is 1. The van der Waals surface area contributed by atoms with E-state index in [1.165, 1.54) is 25.1 Å². The van der Waals surface area contributed by atoms with E-state index in [1.54, 1.807) is 0 Å². The summed E-state index contributed by atoms with van der Waals surface area (Å²) in [7, 11) is -3.64. The highest BCUT2D eigenvalue weighted by Gasteiger charge is 2.36. The van der Waals surface area contributed by atoms with E-state index in [-0.39, 0.29) is 57.0 Å². The maximum Gasteiger partial charge on any atom is 0.416 e. The highest BCUT2D eigenvalue weighted by Crippen LogP contribution is 2.37. The third-order valence-electron chi connectivity index (χ3n) is 6.49. The molecule has 0 bridgehead atoms. The molecule has 3 rings (SSSR count). The van der Waals surface area contributed by atoms with Gasteiger partial charge in [0.15, 0.2) is 9.84 Å². The van der Waals surface area contributed by atoms with Gasteiger partial charge in [-0.1, -0.05) is 30.1 Å². The molecule has 220 valence electrons. The average Bonchev–Trinajstić information content (AvgIpc) is 2.88. The highest BCUT2D eigenvalue weighted by atomic mass is 35.5. The fraction of sp³-hybridized carbons (Fsp3) is 0.440. The standard InChI is InChI=1S/C25H29Cl2F3N4O5S/c1-2-40(38,39)22-4-3-18(26)11-17(22)14-32-23(35)16-12-20(25(28,29)30)19(21(27)13-16)15-34-9-7-33(8-10-34)6-5-31-24(36)37/h3-4,11-13,31H,2,5-10,14-15H2,1H3,(H,32,35)(H,36,37). The van der Waals surface area contributed by atoms with E-state index in [0.717, 1.165) is 12.1 Å². The first kappa shape index (κ1) is 31.9. The van der Waals surface area contributed by atoms with E-state index in [4.69, 9.17) is 28.3 Å². The van der Waals surface area contributed by atoms with Gasteiger partial charge < -0.3 is 15.7 Å². The Hall–Kier alpha value is -2.58. The summed E-state index contributed by atoms with van der Waals surface area (Å²) in [4.78, 5) is 27.2. The summed E-state index contributed by atoms with van der Waals surface area (Å²) in [6.45, 7) is 3.82. The van der Waals surface area contributed by atoms with Crippen molar-refractivity contribution >= 4 is 45.0 Å². The van der Waals surface area contributed by atoms with Crippen LogP contribution in [0.5, 0.6) is 0 Å². The molecule has 0 radical (unpaired) electrons. The van der Waals surface area contributed by atoms with Crippen molar-refractivity contribution in [1.82, 2.24) is 20.4 Å². The minimum absolute atomic E-state index is 0.0256. The topological polar surface area (TPSA) is 119 Å². The lowest BCUT2D eigenvalue weighted by molar-refractivity contribution is -0.138. The van der Waals surface area contributed by atoms with Crippen LogP contribution in [0, 0.1) is 0 Å². The molecule has 0 aliphatic carbocycles. The molecule has 2 aromatic carbocycles. The molecule has 15 heteroatoms. The number of nitrogens with zero attached hydrogens (tertiary/aromatic N) is 2. The first-order valence-corrected chi connectivity index (χ1v) is 14.7. The number of carbonyl (C=O) groups is 2. The van der Waals surface area contributed by atoms with Crippen LogP contribution >= 0.6 is 23.2 Å². The molecule has 1 heterocycles. The number of rotatable bonds is 10. The van der Waals surface area contributed by atoms with Gasteiger partial charge >= 0.3 is 12.3 Å². The number of hydrogen-bond acceptors (Lipinski definition) is 6. The van der Waals surface area contributed by atoms with Crippen molar-refractivity contribution in [3.8, 4) is 0 Å². The van der Waals surface area contributed by atoms with E-state index in [1.807, 2.05) is 9.80 Å². The predicted molar refractivity (Wildman–Crippen MR) is 145 cm³/mol. The molecule has 0 aromatic heterocycles. The third-order valence-corrected chi connectivity index (χ3v) is 8.89. The zero-order valence-corrected chi connectivity index (χ0v) is 23.9. The van der Waals surface area contributed by atoms with Crippen LogP contribution in [-0.2, 0) is 29.1 Å². The Labute approximate surface area is 240 Å². The van der Waals surface area contributed by atoms with Gasteiger partial charge in [-0.05, 0) is 41.5 Å². The Kier molecular flexibility index (Phi) is 10.7. The summed E-state index contributed by atoms with van der Waals surface area (Å²) in [5, 5.41) is 13.4. The summed E-state index contributed by atoms with van der Waals surface area (Å²) < 4.78 is 67.0. The second kappa shape index (κ2) is 13.4. The van der Waals surface area contributed by atoms with Gasteiger partial charge in [0.2, 0.25) is 0 Å². The average molecular weight is 625 g/mol. The van der Waals surface area contributed by atoms with Crippen molar-refractivity contribution in [2.75, 3.05) is 45.0 Å². The summed E-state index contributed by atoms with van der Waals surface area (Å²) in [5.74, 6) is -1.04. The summed E-state index contributed by atoms with van der Waals surface area (Å²) in [6.07, 6.45) is -5.90. The normalized spacial score (nSPS) is 15.2. The molecule has 2 amide bonds. The molecule has 1 aliphatic rings. The monoisotopic (exact) mass is 624 g/mol. The minimum atomic E-state index is -4.78. The quantitative estimate of drug-likeness (QED) is 0.364. The summed E-state index contributed by atoms with van der Waals surface area (Å²) >= 11 is 12.3. The molecule has 0 spiro atoms. The molecular weight excluding hydrogens is 596 g/mol.